The van der Waals surface area contributed by atoms with Crippen LogP contribution in [-0.2, 0) is 22.5 Å². The lowest BCUT2D eigenvalue weighted by molar-refractivity contribution is -0.123. The lowest BCUT2D eigenvalue weighted by Gasteiger charge is -2.32. The Morgan fingerprint density at radius 3 is 2.74 bits per heavy atom. The Morgan fingerprint density at radius 1 is 1.37 bits per heavy atom. The quantitative estimate of drug-likeness (QED) is 0.814. The number of primary amides is 1. The summed E-state index contributed by atoms with van der Waals surface area (Å²) in [4.78, 5) is 24.8. The number of hydrogen-bond donors (Lipinski definition) is 1. The van der Waals surface area contributed by atoms with Crippen molar-refractivity contribution in [1.29, 1.82) is 0 Å². The molecule has 1 amide bonds. The minimum atomic E-state index is -0.345. The number of ether oxygens (including phenoxy) is 1. The predicted octanol–water partition coefficient (Wildman–Crippen LogP) is 0.705. The van der Waals surface area contributed by atoms with E-state index in [4.69, 9.17) is 10.5 Å². The van der Waals surface area contributed by atoms with Crippen LogP contribution in [0.2, 0.25) is 0 Å². The molecule has 0 radical (unpaired) electrons. The van der Waals surface area contributed by atoms with Crippen molar-refractivity contribution in [2.24, 2.45) is 5.73 Å². The van der Waals surface area contributed by atoms with Crippen molar-refractivity contribution in [1.82, 2.24) is 4.90 Å². The lowest BCUT2D eigenvalue weighted by Crippen LogP contribution is -2.45. The van der Waals surface area contributed by atoms with E-state index in [0.717, 1.165) is 18.5 Å². The largest absolute Gasteiger partial charge is 0.465 e. The van der Waals surface area contributed by atoms with Crippen molar-refractivity contribution in [3.05, 3.63) is 34.9 Å². The second kappa shape index (κ2) is 5.40. The lowest BCUT2D eigenvalue weighted by atomic mass is 9.96. The van der Waals surface area contributed by atoms with Crippen molar-refractivity contribution in [3.63, 3.8) is 0 Å². The zero-order valence-corrected chi connectivity index (χ0v) is 11.2. The van der Waals surface area contributed by atoms with Crippen LogP contribution in [0.15, 0.2) is 18.2 Å². The van der Waals surface area contributed by atoms with Gasteiger partial charge in [0, 0.05) is 13.1 Å². The maximum atomic E-state index is 11.5. The van der Waals surface area contributed by atoms with Crippen LogP contribution in [0.25, 0.3) is 0 Å². The molecule has 0 saturated carbocycles. The third kappa shape index (κ3) is 2.76. The van der Waals surface area contributed by atoms with Gasteiger partial charge >= 0.3 is 5.97 Å². The summed E-state index contributed by atoms with van der Waals surface area (Å²) >= 11 is 0. The first-order chi connectivity index (χ1) is 9.02. The predicted molar refractivity (Wildman–Crippen MR) is 70.6 cm³/mol. The molecule has 5 heteroatoms. The number of methoxy groups -OCH3 is 1. The van der Waals surface area contributed by atoms with Gasteiger partial charge in [-0.2, -0.15) is 0 Å². The van der Waals surface area contributed by atoms with E-state index >= 15 is 0 Å². The first kappa shape index (κ1) is 13.5. The molecular weight excluding hydrogens is 244 g/mol. The molecule has 1 heterocycles. The minimum absolute atomic E-state index is 0.296. The van der Waals surface area contributed by atoms with E-state index in [1.54, 1.807) is 13.0 Å². The Morgan fingerprint density at radius 2 is 2.11 bits per heavy atom. The number of carbonyl (C=O) groups is 2. The fourth-order valence-corrected chi connectivity index (χ4v) is 2.33. The number of nitrogens with zero attached hydrogens (tertiary/aromatic N) is 1. The molecule has 0 bridgehead atoms. The summed E-state index contributed by atoms with van der Waals surface area (Å²) in [5, 5.41) is 0. The summed E-state index contributed by atoms with van der Waals surface area (Å²) in [5.74, 6) is -0.671. The topological polar surface area (TPSA) is 72.6 Å². The van der Waals surface area contributed by atoms with E-state index < -0.39 is 0 Å². The molecule has 2 rings (SSSR count). The highest BCUT2D eigenvalue weighted by Gasteiger charge is 2.24. The molecule has 102 valence electrons. The van der Waals surface area contributed by atoms with Crippen molar-refractivity contribution >= 4 is 11.9 Å². The first-order valence-corrected chi connectivity index (χ1v) is 6.26. The van der Waals surface area contributed by atoms with Crippen LogP contribution in [0.5, 0.6) is 0 Å². The molecule has 0 fully saturated rings. The minimum Gasteiger partial charge on any atom is -0.465 e. The van der Waals surface area contributed by atoms with Crippen LogP contribution >= 0.6 is 0 Å². The first-order valence-electron chi connectivity index (χ1n) is 6.26. The molecule has 19 heavy (non-hydrogen) atoms. The van der Waals surface area contributed by atoms with E-state index in [2.05, 4.69) is 0 Å². The number of carbonyl (C=O) groups excluding carboxylic acids is 2. The van der Waals surface area contributed by atoms with Gasteiger partial charge in [0.25, 0.3) is 0 Å². The van der Waals surface area contributed by atoms with Crippen molar-refractivity contribution in [3.8, 4) is 0 Å². The summed E-state index contributed by atoms with van der Waals surface area (Å²) in [7, 11) is 1.36. The van der Waals surface area contributed by atoms with E-state index in [0.29, 0.717) is 12.1 Å². The maximum Gasteiger partial charge on any atom is 0.337 e. The van der Waals surface area contributed by atoms with Gasteiger partial charge < -0.3 is 10.5 Å². The molecule has 0 aromatic heterocycles. The summed E-state index contributed by atoms with van der Waals surface area (Å²) in [6.45, 7) is 3.23. The molecule has 2 N–H and O–H groups in total. The molecule has 1 atom stereocenters. The highest BCUT2D eigenvalue weighted by molar-refractivity contribution is 5.89. The van der Waals surface area contributed by atoms with Gasteiger partial charge in [-0.3, -0.25) is 9.69 Å². The summed E-state index contributed by atoms with van der Waals surface area (Å²) in [5.41, 5.74) is 8.14. The second-order valence-corrected chi connectivity index (χ2v) is 4.77. The van der Waals surface area contributed by atoms with Gasteiger partial charge in [-0.25, -0.2) is 4.79 Å². The standard InChI is InChI=1S/C14H18N2O3/c1-9(13(15)17)16-6-5-10-3-4-11(14(18)19-2)7-12(10)8-16/h3-4,7,9H,5-6,8H2,1-2H3,(H2,15,17). The molecule has 1 aromatic rings. The molecule has 1 aromatic carbocycles. The third-order valence-corrected chi connectivity index (χ3v) is 3.63. The van der Waals surface area contributed by atoms with Crippen LogP contribution in [0.1, 0.15) is 28.4 Å². The summed E-state index contributed by atoms with van der Waals surface area (Å²) in [6, 6.07) is 5.27. The third-order valence-electron chi connectivity index (χ3n) is 3.63. The van der Waals surface area contributed by atoms with Crippen LogP contribution in [-0.4, -0.2) is 36.5 Å². The fraction of sp³-hybridized carbons (Fsp3) is 0.429. The monoisotopic (exact) mass is 262 g/mol. The Hall–Kier alpha value is -1.88. The maximum absolute atomic E-state index is 11.5. The zero-order chi connectivity index (χ0) is 14.0. The summed E-state index contributed by atoms with van der Waals surface area (Å²) in [6.07, 6.45) is 0.856. The number of hydrogen-bond acceptors (Lipinski definition) is 4. The number of amides is 1. The average molecular weight is 262 g/mol. The Kier molecular flexibility index (Phi) is 3.85. The van der Waals surface area contributed by atoms with Crippen LogP contribution in [0.3, 0.4) is 0 Å². The van der Waals surface area contributed by atoms with Gasteiger partial charge in [0.15, 0.2) is 0 Å². The average Bonchev–Trinajstić information content (AvgIpc) is 2.44. The molecule has 0 spiro atoms. The van der Waals surface area contributed by atoms with Gasteiger partial charge in [-0.15, -0.1) is 0 Å². The van der Waals surface area contributed by atoms with E-state index in [1.165, 1.54) is 12.7 Å². The van der Waals surface area contributed by atoms with E-state index in [1.807, 2.05) is 17.0 Å². The van der Waals surface area contributed by atoms with Gasteiger partial charge in [-0.1, -0.05) is 6.07 Å². The smallest absolute Gasteiger partial charge is 0.337 e. The molecule has 5 nitrogen and oxygen atoms in total. The van der Waals surface area contributed by atoms with Gasteiger partial charge in [0.05, 0.1) is 18.7 Å². The molecular formula is C14H18N2O3. The van der Waals surface area contributed by atoms with Gasteiger partial charge in [-0.05, 0) is 36.6 Å². The normalized spacial score (nSPS) is 16.5. The number of fused-ring (bicyclic) bond motifs is 1. The van der Waals surface area contributed by atoms with Crippen molar-refractivity contribution in [2.45, 2.75) is 25.9 Å². The van der Waals surface area contributed by atoms with Gasteiger partial charge in [0.2, 0.25) is 5.91 Å². The molecule has 0 saturated heterocycles. The molecule has 1 aliphatic heterocycles. The fourth-order valence-electron chi connectivity index (χ4n) is 2.33. The molecule has 1 aliphatic rings. The Bertz CT molecular complexity index is 513. The zero-order valence-electron chi connectivity index (χ0n) is 11.2. The van der Waals surface area contributed by atoms with Gasteiger partial charge in [0.1, 0.15) is 0 Å². The van der Waals surface area contributed by atoms with Crippen LogP contribution in [0.4, 0.5) is 0 Å². The number of benzene rings is 1. The van der Waals surface area contributed by atoms with Crippen molar-refractivity contribution in [2.75, 3.05) is 13.7 Å². The Labute approximate surface area is 112 Å². The van der Waals surface area contributed by atoms with E-state index in [-0.39, 0.29) is 17.9 Å². The highest BCUT2D eigenvalue weighted by atomic mass is 16.5. The summed E-state index contributed by atoms with van der Waals surface area (Å²) < 4.78 is 4.71. The highest BCUT2D eigenvalue weighted by Crippen LogP contribution is 2.22. The SMILES string of the molecule is COC(=O)c1ccc2c(c1)CN(C(C)C(N)=O)CC2. The van der Waals surface area contributed by atoms with Crippen LogP contribution in [0, 0.1) is 0 Å². The van der Waals surface area contributed by atoms with E-state index in [9.17, 15) is 9.59 Å². The van der Waals surface area contributed by atoms with Crippen molar-refractivity contribution < 1.29 is 14.3 Å². The molecule has 0 aliphatic carbocycles. The second-order valence-electron chi connectivity index (χ2n) is 4.77. The number of nitrogens with two attached hydrogens (primary N) is 1. The van der Waals surface area contributed by atoms with Crippen LogP contribution < -0.4 is 5.73 Å². The Balaban J connectivity index is 2.23. The number of rotatable bonds is 3. The molecule has 1 unspecified atom stereocenters. The number of esters is 1.